The zero-order valence-corrected chi connectivity index (χ0v) is 14.0. The van der Waals surface area contributed by atoms with Crippen LogP contribution in [-0.2, 0) is 21.2 Å². The van der Waals surface area contributed by atoms with E-state index < -0.39 is 10.0 Å². The first-order valence-electron chi connectivity index (χ1n) is 7.78. The molecule has 2 aromatic rings. The van der Waals surface area contributed by atoms with Gasteiger partial charge in [-0.15, -0.1) is 0 Å². The third-order valence-electron chi connectivity index (χ3n) is 4.12. The highest BCUT2D eigenvalue weighted by Gasteiger charge is 2.31. The summed E-state index contributed by atoms with van der Waals surface area (Å²) in [5, 5.41) is 0. The lowest BCUT2D eigenvalue weighted by atomic mass is 10.1. The summed E-state index contributed by atoms with van der Waals surface area (Å²) in [6.45, 7) is 3.06. The first-order chi connectivity index (χ1) is 11.1. The first kappa shape index (κ1) is 16.2. The molecule has 2 aromatic carbocycles. The van der Waals surface area contributed by atoms with Gasteiger partial charge in [0.1, 0.15) is 0 Å². The summed E-state index contributed by atoms with van der Waals surface area (Å²) < 4.78 is 33.1. The molecule has 23 heavy (non-hydrogen) atoms. The van der Waals surface area contributed by atoms with Crippen molar-refractivity contribution in [1.82, 2.24) is 4.31 Å². The van der Waals surface area contributed by atoms with Crippen LogP contribution in [0.15, 0.2) is 59.5 Å². The first-order valence-corrected chi connectivity index (χ1v) is 9.23. The zero-order valence-electron chi connectivity index (χ0n) is 13.2. The molecule has 1 unspecified atom stereocenters. The van der Waals surface area contributed by atoms with Crippen LogP contribution in [0.25, 0.3) is 0 Å². The van der Waals surface area contributed by atoms with Crippen molar-refractivity contribution >= 4 is 10.0 Å². The SMILES string of the molecule is Cc1ccccc1S(=O)(=O)N1CCOC(Cc2ccccc2)C1. The number of morpholine rings is 1. The summed E-state index contributed by atoms with van der Waals surface area (Å²) in [7, 11) is -3.46. The average Bonchev–Trinajstić information content (AvgIpc) is 2.56. The predicted molar refractivity (Wildman–Crippen MR) is 89.8 cm³/mol. The van der Waals surface area contributed by atoms with Crippen LogP contribution in [0.2, 0.25) is 0 Å². The maximum atomic E-state index is 12.9. The summed E-state index contributed by atoms with van der Waals surface area (Å²) in [5.41, 5.74) is 1.94. The van der Waals surface area contributed by atoms with E-state index in [1.165, 1.54) is 0 Å². The number of hydrogen-bond acceptors (Lipinski definition) is 3. The molecule has 0 aliphatic carbocycles. The van der Waals surface area contributed by atoms with Crippen LogP contribution >= 0.6 is 0 Å². The lowest BCUT2D eigenvalue weighted by molar-refractivity contribution is -0.000505. The normalized spacial score (nSPS) is 19.6. The molecule has 122 valence electrons. The molecular weight excluding hydrogens is 310 g/mol. The molecule has 0 spiro atoms. The van der Waals surface area contributed by atoms with Crippen LogP contribution in [0.5, 0.6) is 0 Å². The van der Waals surface area contributed by atoms with Gasteiger partial charge in [0.15, 0.2) is 0 Å². The fourth-order valence-corrected chi connectivity index (χ4v) is 4.58. The van der Waals surface area contributed by atoms with Crippen LogP contribution < -0.4 is 0 Å². The van der Waals surface area contributed by atoms with Crippen molar-refractivity contribution in [2.45, 2.75) is 24.3 Å². The maximum absolute atomic E-state index is 12.9. The molecular formula is C18H21NO3S. The predicted octanol–water partition coefficient (Wildman–Crippen LogP) is 2.63. The van der Waals surface area contributed by atoms with Gasteiger partial charge < -0.3 is 4.74 Å². The Hall–Kier alpha value is -1.69. The van der Waals surface area contributed by atoms with E-state index in [0.717, 1.165) is 17.5 Å². The lowest BCUT2D eigenvalue weighted by Crippen LogP contribution is -2.46. The zero-order chi connectivity index (χ0) is 16.3. The second-order valence-corrected chi connectivity index (χ2v) is 7.72. The molecule has 1 atom stereocenters. The highest BCUT2D eigenvalue weighted by molar-refractivity contribution is 7.89. The quantitative estimate of drug-likeness (QED) is 0.865. The fourth-order valence-electron chi connectivity index (χ4n) is 2.90. The summed E-state index contributed by atoms with van der Waals surface area (Å²) in [6.07, 6.45) is 0.616. The maximum Gasteiger partial charge on any atom is 0.243 e. The van der Waals surface area contributed by atoms with Crippen molar-refractivity contribution in [3.05, 3.63) is 65.7 Å². The number of sulfonamides is 1. The second kappa shape index (κ2) is 6.83. The molecule has 0 aromatic heterocycles. The van der Waals surface area contributed by atoms with Crippen molar-refractivity contribution in [2.24, 2.45) is 0 Å². The number of aryl methyl sites for hydroxylation is 1. The van der Waals surface area contributed by atoms with E-state index in [1.54, 1.807) is 16.4 Å². The van der Waals surface area contributed by atoms with Gasteiger partial charge in [-0.25, -0.2) is 8.42 Å². The molecule has 1 fully saturated rings. The standard InChI is InChI=1S/C18H21NO3S/c1-15-7-5-6-10-18(15)23(20,21)19-11-12-22-17(14-19)13-16-8-3-2-4-9-16/h2-10,17H,11-14H2,1H3. The molecule has 0 saturated carbocycles. The lowest BCUT2D eigenvalue weighted by Gasteiger charge is -2.32. The number of benzene rings is 2. The van der Waals surface area contributed by atoms with E-state index in [9.17, 15) is 8.42 Å². The molecule has 0 radical (unpaired) electrons. The summed E-state index contributed by atoms with van der Waals surface area (Å²) >= 11 is 0. The molecule has 4 nitrogen and oxygen atoms in total. The van der Waals surface area contributed by atoms with Gasteiger partial charge >= 0.3 is 0 Å². The molecule has 1 aliphatic heterocycles. The Morgan fingerprint density at radius 3 is 2.52 bits per heavy atom. The van der Waals surface area contributed by atoms with E-state index in [0.29, 0.717) is 24.6 Å². The van der Waals surface area contributed by atoms with Crippen LogP contribution in [0.3, 0.4) is 0 Å². The Morgan fingerprint density at radius 1 is 1.09 bits per heavy atom. The molecule has 3 rings (SSSR count). The second-order valence-electron chi connectivity index (χ2n) is 5.81. The van der Waals surface area contributed by atoms with Gasteiger partial charge in [0, 0.05) is 13.1 Å². The van der Waals surface area contributed by atoms with Crippen molar-refractivity contribution in [3.63, 3.8) is 0 Å². The monoisotopic (exact) mass is 331 g/mol. The molecule has 1 aliphatic rings. The number of ether oxygens (including phenoxy) is 1. The summed E-state index contributed by atoms with van der Waals surface area (Å²) in [4.78, 5) is 0.389. The van der Waals surface area contributed by atoms with Gasteiger partial charge in [-0.2, -0.15) is 4.31 Å². The Labute approximate surface area is 137 Å². The van der Waals surface area contributed by atoms with E-state index in [2.05, 4.69) is 0 Å². The van der Waals surface area contributed by atoms with Crippen LogP contribution in [0.4, 0.5) is 0 Å². The molecule has 0 N–H and O–H groups in total. The van der Waals surface area contributed by atoms with Crippen LogP contribution in [0.1, 0.15) is 11.1 Å². The third kappa shape index (κ3) is 3.63. The highest BCUT2D eigenvalue weighted by atomic mass is 32.2. The minimum atomic E-state index is -3.46. The smallest absolute Gasteiger partial charge is 0.243 e. The Morgan fingerprint density at radius 2 is 1.78 bits per heavy atom. The number of nitrogens with zero attached hydrogens (tertiary/aromatic N) is 1. The fraction of sp³-hybridized carbons (Fsp3) is 0.333. The largest absolute Gasteiger partial charge is 0.375 e. The third-order valence-corrected chi connectivity index (χ3v) is 6.14. The molecule has 0 amide bonds. The minimum Gasteiger partial charge on any atom is -0.375 e. The molecule has 1 saturated heterocycles. The minimum absolute atomic E-state index is 0.107. The van der Waals surface area contributed by atoms with Gasteiger partial charge in [0.05, 0.1) is 17.6 Å². The number of hydrogen-bond donors (Lipinski definition) is 0. The molecule has 1 heterocycles. The van der Waals surface area contributed by atoms with E-state index >= 15 is 0 Å². The van der Waals surface area contributed by atoms with Gasteiger partial charge in [-0.1, -0.05) is 48.5 Å². The Bertz CT molecular complexity index is 759. The van der Waals surface area contributed by atoms with Gasteiger partial charge in [0.2, 0.25) is 10.0 Å². The van der Waals surface area contributed by atoms with Crippen molar-refractivity contribution in [2.75, 3.05) is 19.7 Å². The van der Waals surface area contributed by atoms with E-state index in [1.807, 2.05) is 49.4 Å². The average molecular weight is 331 g/mol. The van der Waals surface area contributed by atoms with Gasteiger partial charge in [-0.3, -0.25) is 0 Å². The van der Waals surface area contributed by atoms with Crippen molar-refractivity contribution < 1.29 is 13.2 Å². The molecule has 5 heteroatoms. The highest BCUT2D eigenvalue weighted by Crippen LogP contribution is 2.22. The van der Waals surface area contributed by atoms with Crippen molar-refractivity contribution in [1.29, 1.82) is 0 Å². The topological polar surface area (TPSA) is 46.6 Å². The van der Waals surface area contributed by atoms with Crippen LogP contribution in [0, 0.1) is 6.92 Å². The van der Waals surface area contributed by atoms with E-state index in [4.69, 9.17) is 4.74 Å². The number of rotatable bonds is 4. The Balaban J connectivity index is 1.77. The van der Waals surface area contributed by atoms with Crippen molar-refractivity contribution in [3.8, 4) is 0 Å². The van der Waals surface area contributed by atoms with Gasteiger partial charge in [0.25, 0.3) is 0 Å². The van der Waals surface area contributed by atoms with E-state index in [-0.39, 0.29) is 6.10 Å². The molecule has 0 bridgehead atoms. The summed E-state index contributed by atoms with van der Waals surface area (Å²) in [5.74, 6) is 0. The summed E-state index contributed by atoms with van der Waals surface area (Å²) in [6, 6.07) is 17.1. The van der Waals surface area contributed by atoms with Gasteiger partial charge in [-0.05, 0) is 30.5 Å². The van der Waals surface area contributed by atoms with Crippen LogP contribution in [-0.4, -0.2) is 38.5 Å². The Kier molecular flexibility index (Phi) is 4.80.